The summed E-state index contributed by atoms with van der Waals surface area (Å²) in [5.74, 6) is 0.908. The van der Waals surface area contributed by atoms with Gasteiger partial charge in [0.05, 0.1) is 0 Å². The predicted molar refractivity (Wildman–Crippen MR) is 75.0 cm³/mol. The summed E-state index contributed by atoms with van der Waals surface area (Å²) < 4.78 is 0. The van der Waals surface area contributed by atoms with E-state index in [0.29, 0.717) is 0 Å². The lowest BCUT2D eigenvalue weighted by Crippen LogP contribution is -2.30. The number of aromatic nitrogens is 2. The van der Waals surface area contributed by atoms with E-state index in [1.165, 1.54) is 31.2 Å². The Labute approximate surface area is 110 Å². The minimum Gasteiger partial charge on any atom is -0.341 e. The number of piperidine rings is 1. The average Bonchev–Trinajstić information content (AvgIpc) is 2.40. The summed E-state index contributed by atoms with van der Waals surface area (Å²) in [4.78, 5) is 13.5. The highest BCUT2D eigenvalue weighted by Gasteiger charge is 2.12. The maximum Gasteiger partial charge on any atom is 0.225 e. The minimum atomic E-state index is 0.908. The Bertz CT molecular complexity index is 341. The van der Waals surface area contributed by atoms with Crippen molar-refractivity contribution in [1.29, 1.82) is 0 Å². The van der Waals surface area contributed by atoms with Gasteiger partial charge < -0.3 is 9.80 Å². The molecular weight excluding hydrogens is 224 g/mol. The van der Waals surface area contributed by atoms with E-state index in [1.54, 1.807) is 0 Å². The zero-order chi connectivity index (χ0) is 12.8. The Morgan fingerprint density at radius 1 is 1.11 bits per heavy atom. The van der Waals surface area contributed by atoms with Crippen molar-refractivity contribution in [3.8, 4) is 0 Å². The number of rotatable bonds is 5. The average molecular weight is 248 g/mol. The normalized spacial score (nSPS) is 16.3. The topological polar surface area (TPSA) is 32.3 Å². The summed E-state index contributed by atoms with van der Waals surface area (Å²) in [5.41, 5.74) is 1.25. The van der Waals surface area contributed by atoms with Crippen molar-refractivity contribution in [2.75, 3.05) is 38.6 Å². The standard InChI is InChI=1S/C14H24N4/c1-17(2)8-6-7-13-11-15-14(16-12-13)18-9-4-3-5-10-18/h11-12H,3-10H2,1-2H3. The molecule has 4 nitrogen and oxygen atoms in total. The van der Waals surface area contributed by atoms with Gasteiger partial charge in [-0.25, -0.2) is 9.97 Å². The molecule has 2 heterocycles. The molecule has 0 amide bonds. The Kier molecular flexibility index (Phi) is 4.93. The van der Waals surface area contributed by atoms with Crippen LogP contribution in [0.5, 0.6) is 0 Å². The molecule has 1 aromatic heterocycles. The molecule has 0 aliphatic carbocycles. The highest BCUT2D eigenvalue weighted by atomic mass is 15.2. The van der Waals surface area contributed by atoms with E-state index in [2.05, 4.69) is 33.9 Å². The van der Waals surface area contributed by atoms with Crippen LogP contribution in [0.4, 0.5) is 5.95 Å². The molecule has 4 heteroatoms. The largest absolute Gasteiger partial charge is 0.341 e. The van der Waals surface area contributed by atoms with Gasteiger partial charge >= 0.3 is 0 Å². The number of aryl methyl sites for hydroxylation is 1. The van der Waals surface area contributed by atoms with Crippen LogP contribution in [-0.2, 0) is 6.42 Å². The highest BCUT2D eigenvalue weighted by molar-refractivity contribution is 5.30. The Hall–Kier alpha value is -1.16. The highest BCUT2D eigenvalue weighted by Crippen LogP contribution is 2.15. The summed E-state index contributed by atoms with van der Waals surface area (Å²) in [6, 6.07) is 0. The molecule has 0 radical (unpaired) electrons. The molecule has 1 aliphatic rings. The second-order valence-electron chi connectivity index (χ2n) is 5.35. The van der Waals surface area contributed by atoms with Gasteiger partial charge in [-0.3, -0.25) is 0 Å². The predicted octanol–water partition coefficient (Wildman–Crippen LogP) is 1.96. The molecule has 0 atom stereocenters. The summed E-state index contributed by atoms with van der Waals surface area (Å²) in [7, 11) is 4.21. The molecule has 0 spiro atoms. The SMILES string of the molecule is CN(C)CCCc1cnc(N2CCCCC2)nc1. The molecule has 0 bridgehead atoms. The first-order chi connectivity index (χ1) is 8.75. The van der Waals surface area contributed by atoms with Gasteiger partial charge in [-0.15, -0.1) is 0 Å². The van der Waals surface area contributed by atoms with Gasteiger partial charge in [-0.05, 0) is 58.3 Å². The van der Waals surface area contributed by atoms with E-state index in [4.69, 9.17) is 0 Å². The lowest BCUT2D eigenvalue weighted by atomic mass is 10.1. The van der Waals surface area contributed by atoms with Crippen LogP contribution in [0.3, 0.4) is 0 Å². The van der Waals surface area contributed by atoms with Crippen LogP contribution < -0.4 is 4.90 Å². The third-order valence-corrected chi connectivity index (χ3v) is 3.40. The molecule has 1 aromatic rings. The van der Waals surface area contributed by atoms with Gasteiger partial charge in [0.25, 0.3) is 0 Å². The molecule has 1 aliphatic heterocycles. The van der Waals surface area contributed by atoms with E-state index in [9.17, 15) is 0 Å². The van der Waals surface area contributed by atoms with Crippen LogP contribution in [0.15, 0.2) is 12.4 Å². The molecule has 100 valence electrons. The van der Waals surface area contributed by atoms with Crippen molar-refractivity contribution in [2.24, 2.45) is 0 Å². The van der Waals surface area contributed by atoms with E-state index in [1.807, 2.05) is 12.4 Å². The maximum absolute atomic E-state index is 4.50. The van der Waals surface area contributed by atoms with Crippen molar-refractivity contribution in [3.63, 3.8) is 0 Å². The van der Waals surface area contributed by atoms with E-state index >= 15 is 0 Å². The van der Waals surface area contributed by atoms with Crippen LogP contribution in [-0.4, -0.2) is 48.6 Å². The lowest BCUT2D eigenvalue weighted by molar-refractivity contribution is 0.400. The Morgan fingerprint density at radius 2 is 1.78 bits per heavy atom. The van der Waals surface area contributed by atoms with Gasteiger partial charge in [-0.2, -0.15) is 0 Å². The quantitative estimate of drug-likeness (QED) is 0.797. The molecule has 0 unspecified atom stereocenters. The monoisotopic (exact) mass is 248 g/mol. The Morgan fingerprint density at radius 3 is 2.39 bits per heavy atom. The van der Waals surface area contributed by atoms with Crippen molar-refractivity contribution in [2.45, 2.75) is 32.1 Å². The fourth-order valence-corrected chi connectivity index (χ4v) is 2.33. The zero-order valence-corrected chi connectivity index (χ0v) is 11.6. The second-order valence-corrected chi connectivity index (χ2v) is 5.35. The first kappa shape index (κ1) is 13.3. The summed E-state index contributed by atoms with van der Waals surface area (Å²) in [5, 5.41) is 0. The van der Waals surface area contributed by atoms with Crippen LogP contribution in [0, 0.1) is 0 Å². The summed E-state index contributed by atoms with van der Waals surface area (Å²) in [6.45, 7) is 3.34. The van der Waals surface area contributed by atoms with Gasteiger partial charge in [0.1, 0.15) is 0 Å². The second kappa shape index (κ2) is 6.69. The van der Waals surface area contributed by atoms with E-state index in [-0.39, 0.29) is 0 Å². The van der Waals surface area contributed by atoms with Crippen LogP contribution in [0.1, 0.15) is 31.2 Å². The maximum atomic E-state index is 4.50. The fraction of sp³-hybridized carbons (Fsp3) is 0.714. The number of anilines is 1. The van der Waals surface area contributed by atoms with Gasteiger partial charge in [0, 0.05) is 25.5 Å². The van der Waals surface area contributed by atoms with Crippen molar-refractivity contribution < 1.29 is 0 Å². The summed E-state index contributed by atoms with van der Waals surface area (Å²) >= 11 is 0. The molecule has 1 saturated heterocycles. The molecule has 1 fully saturated rings. The number of nitrogens with zero attached hydrogens (tertiary/aromatic N) is 4. The first-order valence-electron chi connectivity index (χ1n) is 6.96. The van der Waals surface area contributed by atoms with Crippen LogP contribution in [0.2, 0.25) is 0 Å². The number of hydrogen-bond acceptors (Lipinski definition) is 4. The third-order valence-electron chi connectivity index (χ3n) is 3.40. The molecule has 0 aromatic carbocycles. The molecule has 0 N–H and O–H groups in total. The molecule has 18 heavy (non-hydrogen) atoms. The van der Waals surface area contributed by atoms with Crippen molar-refractivity contribution in [1.82, 2.24) is 14.9 Å². The van der Waals surface area contributed by atoms with Crippen molar-refractivity contribution >= 4 is 5.95 Å². The Balaban J connectivity index is 1.84. The van der Waals surface area contributed by atoms with Gasteiger partial charge in [0.15, 0.2) is 0 Å². The smallest absolute Gasteiger partial charge is 0.225 e. The zero-order valence-electron chi connectivity index (χ0n) is 11.6. The van der Waals surface area contributed by atoms with Gasteiger partial charge in [0.2, 0.25) is 5.95 Å². The van der Waals surface area contributed by atoms with Gasteiger partial charge in [-0.1, -0.05) is 0 Å². The van der Waals surface area contributed by atoms with Crippen LogP contribution in [0.25, 0.3) is 0 Å². The molecule has 0 saturated carbocycles. The minimum absolute atomic E-state index is 0.908. The van der Waals surface area contributed by atoms with E-state index in [0.717, 1.165) is 32.0 Å². The number of hydrogen-bond donors (Lipinski definition) is 0. The molecule has 2 rings (SSSR count). The first-order valence-corrected chi connectivity index (χ1v) is 6.96. The van der Waals surface area contributed by atoms with Crippen LogP contribution >= 0.6 is 0 Å². The van der Waals surface area contributed by atoms with E-state index < -0.39 is 0 Å². The third kappa shape index (κ3) is 3.95. The van der Waals surface area contributed by atoms with Crippen molar-refractivity contribution in [3.05, 3.63) is 18.0 Å². The summed E-state index contributed by atoms with van der Waals surface area (Å²) in [6.07, 6.45) is 10.1. The molecular formula is C14H24N4. The fourth-order valence-electron chi connectivity index (χ4n) is 2.33. The lowest BCUT2D eigenvalue weighted by Gasteiger charge is -2.26.